The average molecular weight is 282 g/mol. The van der Waals surface area contributed by atoms with Crippen LogP contribution in [0.25, 0.3) is 0 Å². The molecule has 0 aliphatic heterocycles. The highest BCUT2D eigenvalue weighted by Crippen LogP contribution is 2.27. The Morgan fingerprint density at radius 2 is 2.05 bits per heavy atom. The average Bonchev–Trinajstić information content (AvgIpc) is 2.29. The maximum Gasteiger partial charge on any atom is 0.335 e. The van der Waals surface area contributed by atoms with Gasteiger partial charge in [0, 0.05) is 17.1 Å². The summed E-state index contributed by atoms with van der Waals surface area (Å²) in [5.74, 6) is -0.904. The summed E-state index contributed by atoms with van der Waals surface area (Å²) in [6, 6.07) is 5.14. The molecule has 1 aromatic carbocycles. The van der Waals surface area contributed by atoms with Gasteiger partial charge in [0.25, 0.3) is 0 Å². The number of hydrogen-bond donors (Lipinski definition) is 3. The first-order chi connectivity index (χ1) is 8.83. The number of hydrogen-bond acceptors (Lipinski definition) is 4. The summed E-state index contributed by atoms with van der Waals surface area (Å²) in [6.07, 6.45) is 1.05. The van der Waals surface area contributed by atoms with Crippen LogP contribution < -0.4 is 10.0 Å². The molecule has 0 saturated carbocycles. The van der Waals surface area contributed by atoms with Gasteiger partial charge in [0.15, 0.2) is 0 Å². The third-order valence-corrected chi connectivity index (χ3v) is 3.39. The zero-order chi connectivity index (χ0) is 14.5. The molecule has 0 spiro atoms. The molecule has 0 bridgehead atoms. The molecule has 19 heavy (non-hydrogen) atoms. The maximum atomic E-state index is 11.0. The zero-order valence-electron chi connectivity index (χ0n) is 11.9. The molecule has 0 amide bonds. The number of rotatable bonds is 6. The number of carboxylic acid groups (broad SMARTS) is 1. The molecule has 0 atom stereocenters. The minimum atomic E-state index is -0.904. The van der Waals surface area contributed by atoms with Gasteiger partial charge in [0.05, 0.1) is 5.56 Å². The van der Waals surface area contributed by atoms with Gasteiger partial charge in [-0.15, -0.1) is 0 Å². The largest absolute Gasteiger partial charge is 0.478 e. The van der Waals surface area contributed by atoms with Crippen molar-refractivity contribution in [1.82, 2.24) is 4.72 Å². The van der Waals surface area contributed by atoms with Crippen molar-refractivity contribution in [2.75, 3.05) is 18.9 Å². The number of anilines is 1. The highest BCUT2D eigenvalue weighted by molar-refractivity contribution is 7.97. The van der Waals surface area contributed by atoms with Crippen molar-refractivity contribution in [3.8, 4) is 0 Å². The van der Waals surface area contributed by atoms with E-state index in [0.717, 1.165) is 23.5 Å². The van der Waals surface area contributed by atoms with E-state index < -0.39 is 5.97 Å². The SMILES string of the molecule is CNSc1cc(C(=O)O)ccc1NCCC(C)(C)C. The Balaban J connectivity index is 2.79. The summed E-state index contributed by atoms with van der Waals surface area (Å²) in [4.78, 5) is 11.9. The van der Waals surface area contributed by atoms with Gasteiger partial charge in [-0.05, 0) is 49.0 Å². The fourth-order valence-corrected chi connectivity index (χ4v) is 2.22. The van der Waals surface area contributed by atoms with E-state index in [1.54, 1.807) is 12.1 Å². The lowest BCUT2D eigenvalue weighted by Crippen LogP contribution is -2.13. The number of carbonyl (C=O) groups is 1. The molecule has 0 unspecified atom stereocenters. The zero-order valence-corrected chi connectivity index (χ0v) is 12.7. The quantitative estimate of drug-likeness (QED) is 0.697. The van der Waals surface area contributed by atoms with Gasteiger partial charge >= 0.3 is 5.97 Å². The number of aromatic carboxylic acids is 1. The predicted octanol–water partition coefficient (Wildman–Crippen LogP) is 3.46. The van der Waals surface area contributed by atoms with E-state index in [1.165, 1.54) is 11.9 Å². The van der Waals surface area contributed by atoms with Crippen LogP contribution in [-0.2, 0) is 0 Å². The summed E-state index contributed by atoms with van der Waals surface area (Å²) in [6.45, 7) is 7.47. The molecule has 4 nitrogen and oxygen atoms in total. The Labute approximate surface area is 119 Å². The van der Waals surface area contributed by atoms with E-state index in [1.807, 2.05) is 13.1 Å². The smallest absolute Gasteiger partial charge is 0.335 e. The topological polar surface area (TPSA) is 61.4 Å². The first-order valence-corrected chi connectivity index (χ1v) is 7.10. The van der Waals surface area contributed by atoms with Crippen LogP contribution in [0.2, 0.25) is 0 Å². The normalized spacial score (nSPS) is 11.4. The molecule has 0 aromatic heterocycles. The van der Waals surface area contributed by atoms with Crippen LogP contribution in [-0.4, -0.2) is 24.7 Å². The van der Waals surface area contributed by atoms with Crippen LogP contribution in [0.4, 0.5) is 5.69 Å². The standard InChI is InChI=1S/C14H22N2O2S/c1-14(2,3)7-8-16-11-6-5-10(13(17)18)9-12(11)19-15-4/h5-6,9,15-16H,7-8H2,1-4H3,(H,17,18). The first-order valence-electron chi connectivity index (χ1n) is 6.28. The van der Waals surface area contributed by atoms with Crippen molar-refractivity contribution in [3.05, 3.63) is 23.8 Å². The van der Waals surface area contributed by atoms with E-state index in [-0.39, 0.29) is 5.41 Å². The van der Waals surface area contributed by atoms with Gasteiger partial charge in [-0.3, -0.25) is 4.72 Å². The molecule has 0 fully saturated rings. The molecule has 0 aliphatic rings. The summed E-state index contributed by atoms with van der Waals surface area (Å²) in [5.41, 5.74) is 1.55. The van der Waals surface area contributed by atoms with Gasteiger partial charge in [-0.1, -0.05) is 20.8 Å². The van der Waals surface area contributed by atoms with E-state index in [9.17, 15) is 4.79 Å². The molecule has 0 aliphatic carbocycles. The van der Waals surface area contributed by atoms with Crippen molar-refractivity contribution >= 4 is 23.6 Å². The minimum Gasteiger partial charge on any atom is -0.478 e. The lowest BCUT2D eigenvalue weighted by Gasteiger charge is -2.19. The van der Waals surface area contributed by atoms with Crippen molar-refractivity contribution in [1.29, 1.82) is 0 Å². The molecule has 1 aromatic rings. The fourth-order valence-electron chi connectivity index (χ4n) is 1.57. The Morgan fingerprint density at radius 1 is 1.37 bits per heavy atom. The van der Waals surface area contributed by atoms with Gasteiger partial charge in [0.1, 0.15) is 0 Å². The van der Waals surface area contributed by atoms with Crippen LogP contribution in [0.1, 0.15) is 37.6 Å². The number of nitrogens with one attached hydrogen (secondary N) is 2. The van der Waals surface area contributed by atoms with Crippen LogP contribution in [0.5, 0.6) is 0 Å². The molecular formula is C14H22N2O2S. The molecule has 0 radical (unpaired) electrons. The van der Waals surface area contributed by atoms with E-state index >= 15 is 0 Å². The van der Waals surface area contributed by atoms with Gasteiger partial charge < -0.3 is 10.4 Å². The molecular weight excluding hydrogens is 260 g/mol. The van der Waals surface area contributed by atoms with Gasteiger partial charge in [0.2, 0.25) is 0 Å². The van der Waals surface area contributed by atoms with Crippen molar-refractivity contribution in [3.63, 3.8) is 0 Å². The van der Waals surface area contributed by atoms with Crippen LogP contribution in [0.15, 0.2) is 23.1 Å². The van der Waals surface area contributed by atoms with Crippen LogP contribution in [0, 0.1) is 5.41 Å². The maximum absolute atomic E-state index is 11.0. The van der Waals surface area contributed by atoms with E-state index in [0.29, 0.717) is 5.56 Å². The highest BCUT2D eigenvalue weighted by Gasteiger charge is 2.11. The molecule has 3 N–H and O–H groups in total. The van der Waals surface area contributed by atoms with Crippen molar-refractivity contribution < 1.29 is 9.90 Å². The molecule has 1 rings (SSSR count). The van der Waals surface area contributed by atoms with Crippen LogP contribution in [0.3, 0.4) is 0 Å². The Hall–Kier alpha value is -1.20. The second-order valence-corrected chi connectivity index (χ2v) is 6.61. The Bertz CT molecular complexity index is 442. The Morgan fingerprint density at radius 3 is 2.58 bits per heavy atom. The monoisotopic (exact) mass is 282 g/mol. The molecule has 0 saturated heterocycles. The first kappa shape index (κ1) is 15.9. The minimum absolute atomic E-state index is 0.282. The lowest BCUT2D eigenvalue weighted by molar-refractivity contribution is 0.0696. The van der Waals surface area contributed by atoms with Crippen molar-refractivity contribution in [2.45, 2.75) is 32.1 Å². The fraction of sp³-hybridized carbons (Fsp3) is 0.500. The van der Waals surface area contributed by atoms with E-state index in [2.05, 4.69) is 30.8 Å². The van der Waals surface area contributed by atoms with E-state index in [4.69, 9.17) is 5.11 Å². The Kier molecular flexibility index (Phi) is 5.69. The second-order valence-electron chi connectivity index (χ2n) is 5.56. The lowest BCUT2D eigenvalue weighted by atomic mass is 9.92. The molecule has 5 heteroatoms. The third kappa shape index (κ3) is 5.53. The highest BCUT2D eigenvalue weighted by atomic mass is 32.2. The van der Waals surface area contributed by atoms with Gasteiger partial charge in [-0.25, -0.2) is 4.79 Å². The van der Waals surface area contributed by atoms with Gasteiger partial charge in [-0.2, -0.15) is 0 Å². The summed E-state index contributed by atoms with van der Waals surface area (Å²) < 4.78 is 2.98. The van der Waals surface area contributed by atoms with Crippen molar-refractivity contribution in [2.24, 2.45) is 5.41 Å². The second kappa shape index (κ2) is 6.82. The molecule has 106 valence electrons. The number of benzene rings is 1. The summed E-state index contributed by atoms with van der Waals surface area (Å²) in [7, 11) is 1.82. The van der Waals surface area contributed by atoms with Crippen LogP contribution >= 0.6 is 11.9 Å². The number of carboxylic acids is 1. The third-order valence-electron chi connectivity index (χ3n) is 2.63. The summed E-state index contributed by atoms with van der Waals surface area (Å²) >= 11 is 1.42. The summed E-state index contributed by atoms with van der Waals surface area (Å²) in [5, 5.41) is 12.4. The molecule has 0 heterocycles. The predicted molar refractivity (Wildman–Crippen MR) is 80.9 cm³/mol.